The Morgan fingerprint density at radius 3 is 1.95 bits per heavy atom. The van der Waals surface area contributed by atoms with Crippen LogP contribution in [0, 0.1) is 0 Å². The normalized spacial score (nSPS) is 13.0. The SMILES string of the molecule is CC(Oc1ccccc1)C(=O)OC(C)C(=O)c1ccccc1. The Bertz CT molecular complexity index is 622. The van der Waals surface area contributed by atoms with Crippen LogP contribution in [0.2, 0.25) is 0 Å². The van der Waals surface area contributed by atoms with Gasteiger partial charge in [-0.15, -0.1) is 0 Å². The molecule has 0 aromatic heterocycles. The number of rotatable bonds is 6. The molecule has 0 aliphatic heterocycles. The summed E-state index contributed by atoms with van der Waals surface area (Å²) >= 11 is 0. The van der Waals surface area contributed by atoms with E-state index in [-0.39, 0.29) is 5.78 Å². The summed E-state index contributed by atoms with van der Waals surface area (Å²) < 4.78 is 10.7. The van der Waals surface area contributed by atoms with E-state index in [0.29, 0.717) is 11.3 Å². The van der Waals surface area contributed by atoms with Crippen LogP contribution >= 0.6 is 0 Å². The third-order valence-corrected chi connectivity index (χ3v) is 3.11. The van der Waals surface area contributed by atoms with Gasteiger partial charge in [0.15, 0.2) is 12.2 Å². The van der Waals surface area contributed by atoms with Gasteiger partial charge in [-0.05, 0) is 26.0 Å². The Morgan fingerprint density at radius 1 is 0.818 bits per heavy atom. The van der Waals surface area contributed by atoms with Crippen LogP contribution in [-0.4, -0.2) is 24.0 Å². The molecule has 22 heavy (non-hydrogen) atoms. The first-order chi connectivity index (χ1) is 10.6. The van der Waals surface area contributed by atoms with E-state index in [1.54, 1.807) is 50.2 Å². The Labute approximate surface area is 129 Å². The van der Waals surface area contributed by atoms with Gasteiger partial charge in [0.1, 0.15) is 5.75 Å². The number of esters is 1. The van der Waals surface area contributed by atoms with E-state index in [1.165, 1.54) is 0 Å². The largest absolute Gasteiger partial charge is 0.479 e. The monoisotopic (exact) mass is 298 g/mol. The van der Waals surface area contributed by atoms with Gasteiger partial charge in [0.25, 0.3) is 0 Å². The molecule has 2 aromatic carbocycles. The molecule has 0 amide bonds. The first-order valence-corrected chi connectivity index (χ1v) is 7.09. The smallest absolute Gasteiger partial charge is 0.347 e. The van der Waals surface area contributed by atoms with Crippen LogP contribution in [0.1, 0.15) is 24.2 Å². The molecule has 0 aliphatic rings. The summed E-state index contributed by atoms with van der Waals surface area (Å²) in [7, 11) is 0. The predicted molar refractivity (Wildman–Crippen MR) is 82.9 cm³/mol. The minimum Gasteiger partial charge on any atom is -0.479 e. The maximum Gasteiger partial charge on any atom is 0.347 e. The van der Waals surface area contributed by atoms with E-state index < -0.39 is 18.2 Å². The average molecular weight is 298 g/mol. The van der Waals surface area contributed by atoms with Gasteiger partial charge in [-0.2, -0.15) is 0 Å². The zero-order chi connectivity index (χ0) is 15.9. The van der Waals surface area contributed by atoms with Gasteiger partial charge in [-0.25, -0.2) is 4.79 Å². The van der Waals surface area contributed by atoms with Crippen LogP contribution in [0.25, 0.3) is 0 Å². The summed E-state index contributed by atoms with van der Waals surface area (Å²) in [5.41, 5.74) is 0.513. The molecule has 4 heteroatoms. The van der Waals surface area contributed by atoms with Crippen LogP contribution in [0.3, 0.4) is 0 Å². The quantitative estimate of drug-likeness (QED) is 0.606. The van der Waals surface area contributed by atoms with Crippen molar-refractivity contribution in [1.82, 2.24) is 0 Å². The zero-order valence-corrected chi connectivity index (χ0v) is 12.6. The molecule has 0 N–H and O–H groups in total. The van der Waals surface area contributed by atoms with E-state index in [4.69, 9.17) is 9.47 Å². The Morgan fingerprint density at radius 2 is 1.36 bits per heavy atom. The van der Waals surface area contributed by atoms with Crippen molar-refractivity contribution < 1.29 is 19.1 Å². The van der Waals surface area contributed by atoms with Crippen molar-refractivity contribution in [3.8, 4) is 5.75 Å². The molecule has 0 radical (unpaired) electrons. The standard InChI is InChI=1S/C18H18O4/c1-13(17(19)15-9-5-3-6-10-15)22-18(20)14(2)21-16-11-7-4-8-12-16/h3-14H,1-2H3. The number of hydrogen-bond acceptors (Lipinski definition) is 4. The summed E-state index contributed by atoms with van der Waals surface area (Å²) in [5, 5.41) is 0. The Hall–Kier alpha value is -2.62. The second-order valence-electron chi connectivity index (χ2n) is 4.88. The number of Topliss-reactive ketones (excluding diaryl/α,β-unsaturated/α-hetero) is 1. The Balaban J connectivity index is 1.92. The molecular weight excluding hydrogens is 280 g/mol. The topological polar surface area (TPSA) is 52.6 Å². The minimum atomic E-state index is -0.850. The van der Waals surface area contributed by atoms with Gasteiger partial charge in [0.2, 0.25) is 5.78 Å². The first-order valence-electron chi connectivity index (χ1n) is 7.09. The molecule has 4 nitrogen and oxygen atoms in total. The van der Waals surface area contributed by atoms with Crippen molar-refractivity contribution in [2.75, 3.05) is 0 Å². The summed E-state index contributed by atoms with van der Waals surface area (Å²) in [4.78, 5) is 24.1. The lowest BCUT2D eigenvalue weighted by atomic mass is 10.1. The number of ether oxygens (including phenoxy) is 2. The molecule has 2 rings (SSSR count). The molecule has 2 aromatic rings. The van der Waals surface area contributed by atoms with Crippen molar-refractivity contribution in [2.24, 2.45) is 0 Å². The van der Waals surface area contributed by atoms with Gasteiger partial charge in [-0.3, -0.25) is 4.79 Å². The molecule has 0 heterocycles. The van der Waals surface area contributed by atoms with Gasteiger partial charge >= 0.3 is 5.97 Å². The van der Waals surface area contributed by atoms with Crippen LogP contribution in [0.4, 0.5) is 0 Å². The second kappa shape index (κ2) is 7.41. The summed E-state index contributed by atoms with van der Waals surface area (Å²) in [6, 6.07) is 17.7. The molecular formula is C18H18O4. The zero-order valence-electron chi connectivity index (χ0n) is 12.6. The van der Waals surface area contributed by atoms with Crippen molar-refractivity contribution in [3.63, 3.8) is 0 Å². The molecule has 0 spiro atoms. The molecule has 2 atom stereocenters. The number of carbonyl (C=O) groups excluding carboxylic acids is 2. The van der Waals surface area contributed by atoms with E-state index in [0.717, 1.165) is 0 Å². The lowest BCUT2D eigenvalue weighted by Crippen LogP contribution is -2.32. The van der Waals surface area contributed by atoms with Crippen LogP contribution in [0.5, 0.6) is 5.75 Å². The van der Waals surface area contributed by atoms with Gasteiger partial charge in [-0.1, -0.05) is 48.5 Å². The van der Waals surface area contributed by atoms with Crippen molar-refractivity contribution in [2.45, 2.75) is 26.1 Å². The number of benzene rings is 2. The molecule has 0 saturated carbocycles. The van der Waals surface area contributed by atoms with Gasteiger partial charge < -0.3 is 9.47 Å². The Kier molecular flexibility index (Phi) is 5.31. The molecule has 0 saturated heterocycles. The lowest BCUT2D eigenvalue weighted by molar-refractivity contribution is -0.153. The summed E-state index contributed by atoms with van der Waals surface area (Å²) in [6.07, 6.45) is -1.63. The lowest BCUT2D eigenvalue weighted by Gasteiger charge is -2.17. The number of para-hydroxylation sites is 1. The molecule has 0 fully saturated rings. The molecule has 0 aliphatic carbocycles. The van der Waals surface area contributed by atoms with Crippen molar-refractivity contribution >= 4 is 11.8 Å². The molecule has 0 bridgehead atoms. The van der Waals surface area contributed by atoms with E-state index in [2.05, 4.69) is 0 Å². The number of ketones is 1. The highest BCUT2D eigenvalue weighted by Crippen LogP contribution is 2.13. The summed E-state index contributed by atoms with van der Waals surface area (Å²) in [5.74, 6) is -0.226. The fourth-order valence-corrected chi connectivity index (χ4v) is 1.91. The third kappa shape index (κ3) is 4.19. The second-order valence-corrected chi connectivity index (χ2v) is 4.88. The van der Waals surface area contributed by atoms with Crippen LogP contribution in [0.15, 0.2) is 60.7 Å². The van der Waals surface area contributed by atoms with E-state index in [1.807, 2.05) is 24.3 Å². The van der Waals surface area contributed by atoms with Gasteiger partial charge in [0.05, 0.1) is 0 Å². The average Bonchev–Trinajstić information content (AvgIpc) is 2.55. The fraction of sp³-hybridized carbons (Fsp3) is 0.222. The highest BCUT2D eigenvalue weighted by Gasteiger charge is 2.23. The highest BCUT2D eigenvalue weighted by molar-refractivity contribution is 6.00. The van der Waals surface area contributed by atoms with Crippen molar-refractivity contribution in [1.29, 1.82) is 0 Å². The van der Waals surface area contributed by atoms with Gasteiger partial charge in [0, 0.05) is 5.56 Å². The maximum absolute atomic E-state index is 12.1. The molecule has 114 valence electrons. The third-order valence-electron chi connectivity index (χ3n) is 3.11. The van der Waals surface area contributed by atoms with Crippen LogP contribution < -0.4 is 4.74 Å². The van der Waals surface area contributed by atoms with Crippen LogP contribution in [-0.2, 0) is 9.53 Å². The summed E-state index contributed by atoms with van der Waals surface area (Å²) in [6.45, 7) is 3.15. The fourth-order valence-electron chi connectivity index (χ4n) is 1.91. The van der Waals surface area contributed by atoms with E-state index >= 15 is 0 Å². The number of carbonyl (C=O) groups is 2. The van der Waals surface area contributed by atoms with Crippen molar-refractivity contribution in [3.05, 3.63) is 66.2 Å². The molecule has 2 unspecified atom stereocenters. The predicted octanol–water partition coefficient (Wildman–Crippen LogP) is 3.27. The number of hydrogen-bond donors (Lipinski definition) is 0. The van der Waals surface area contributed by atoms with E-state index in [9.17, 15) is 9.59 Å². The highest BCUT2D eigenvalue weighted by atomic mass is 16.6. The maximum atomic E-state index is 12.1. The minimum absolute atomic E-state index is 0.235. The first kappa shape index (κ1) is 15.8.